The summed E-state index contributed by atoms with van der Waals surface area (Å²) >= 11 is 1.58. The average Bonchev–Trinajstić information content (AvgIpc) is 3.54. The van der Waals surface area contributed by atoms with E-state index in [0.29, 0.717) is 40.8 Å². The van der Waals surface area contributed by atoms with Gasteiger partial charge in [0.25, 0.3) is 5.89 Å². The number of benzene rings is 2. The van der Waals surface area contributed by atoms with Gasteiger partial charge in [-0.3, -0.25) is 4.90 Å². The number of aryl methyl sites for hydroxylation is 1. The smallest absolute Gasteiger partial charge is 0.322 e. The average molecular weight is 489 g/mol. The second-order valence-corrected chi connectivity index (χ2v) is 9.30. The zero-order valence-corrected chi connectivity index (χ0v) is 20.3. The first-order valence-electron chi connectivity index (χ1n) is 11.0. The van der Waals surface area contributed by atoms with Crippen LogP contribution in [-0.4, -0.2) is 33.3 Å². The molecule has 1 aliphatic heterocycles. The van der Waals surface area contributed by atoms with Crippen molar-refractivity contribution in [3.8, 4) is 22.9 Å². The number of hydrogen-bond acceptors (Lipinski definition) is 7. The van der Waals surface area contributed by atoms with Gasteiger partial charge >= 0.3 is 6.03 Å². The number of nitrogens with zero attached hydrogens (tertiary/aromatic N) is 3. The van der Waals surface area contributed by atoms with E-state index in [2.05, 4.69) is 15.5 Å². The molecule has 0 fully saturated rings. The number of phenols is 1. The van der Waals surface area contributed by atoms with Crippen LogP contribution >= 0.6 is 11.3 Å². The van der Waals surface area contributed by atoms with Crippen molar-refractivity contribution in [3.63, 3.8) is 0 Å². The molecule has 2 aromatic carbocycles. The van der Waals surface area contributed by atoms with E-state index in [0.717, 1.165) is 16.0 Å². The summed E-state index contributed by atoms with van der Waals surface area (Å²) < 4.78 is 10.9. The molecule has 8 nitrogen and oxygen atoms in total. The molecule has 0 bridgehead atoms. The van der Waals surface area contributed by atoms with Crippen molar-refractivity contribution >= 4 is 22.9 Å². The highest BCUT2D eigenvalue weighted by atomic mass is 32.1. The molecule has 4 aromatic rings. The third-order valence-electron chi connectivity index (χ3n) is 5.99. The molecule has 35 heavy (non-hydrogen) atoms. The van der Waals surface area contributed by atoms with Gasteiger partial charge in [0, 0.05) is 16.1 Å². The lowest BCUT2D eigenvalue weighted by Gasteiger charge is -2.35. The number of phenolic OH excluding ortho intramolecular Hbond substituents is 1. The Morgan fingerprint density at radius 1 is 1.17 bits per heavy atom. The first kappa shape index (κ1) is 22.7. The minimum absolute atomic E-state index is 0.0249. The Hall–Kier alpha value is -4.11. The third kappa shape index (κ3) is 4.38. The quantitative estimate of drug-likeness (QED) is 0.371. The number of methoxy groups -OCH3 is 1. The van der Waals surface area contributed by atoms with Crippen molar-refractivity contribution < 1.29 is 19.2 Å². The first-order valence-corrected chi connectivity index (χ1v) is 11.9. The van der Waals surface area contributed by atoms with E-state index in [4.69, 9.17) is 9.26 Å². The van der Waals surface area contributed by atoms with E-state index in [9.17, 15) is 9.90 Å². The van der Waals surface area contributed by atoms with E-state index in [1.54, 1.807) is 34.4 Å². The fourth-order valence-corrected chi connectivity index (χ4v) is 4.79. The monoisotopic (exact) mass is 488 g/mol. The third-order valence-corrected chi connectivity index (χ3v) is 6.85. The molecule has 0 saturated carbocycles. The maximum absolute atomic E-state index is 13.2. The van der Waals surface area contributed by atoms with Crippen LogP contribution in [0, 0.1) is 6.92 Å². The van der Waals surface area contributed by atoms with E-state index in [-0.39, 0.29) is 11.8 Å². The molecular weight excluding hydrogens is 464 g/mol. The number of rotatable bonds is 6. The number of carbonyl (C=O) groups excluding carboxylic acids is 1. The lowest BCUT2D eigenvalue weighted by molar-refractivity contribution is 0.203. The molecule has 178 valence electrons. The van der Waals surface area contributed by atoms with Crippen molar-refractivity contribution in [2.45, 2.75) is 26.4 Å². The molecule has 0 spiro atoms. The largest absolute Gasteiger partial charge is 0.504 e. The van der Waals surface area contributed by atoms with Gasteiger partial charge in [-0.1, -0.05) is 47.1 Å². The van der Waals surface area contributed by atoms with Crippen molar-refractivity contribution in [1.29, 1.82) is 0 Å². The Labute approximate surface area is 206 Å². The number of carbonyl (C=O) groups is 1. The Bertz CT molecular complexity index is 1390. The fraction of sp³-hybridized carbons (Fsp3) is 0.192. The van der Waals surface area contributed by atoms with Gasteiger partial charge in [-0.15, -0.1) is 11.3 Å². The molecule has 3 heterocycles. The van der Waals surface area contributed by atoms with Crippen LogP contribution in [0.15, 0.2) is 70.2 Å². The molecule has 5 rings (SSSR count). The van der Waals surface area contributed by atoms with Crippen molar-refractivity contribution in [2.24, 2.45) is 0 Å². The molecule has 9 heteroatoms. The van der Waals surface area contributed by atoms with E-state index in [1.807, 2.05) is 55.6 Å². The minimum atomic E-state index is -0.606. The standard InChI is InChI=1S/C26H24N4O4S/c1-15-6-8-17(9-7-15)24-28-25(34-29-24)22-16(2)30(14-19-5-4-12-35-19)26(32)27-23(22)18-10-11-21(33-3)20(31)13-18/h4-13,23,31H,14H2,1-3H3,(H,27,32). The van der Waals surface area contributed by atoms with Gasteiger partial charge in [-0.2, -0.15) is 4.98 Å². The van der Waals surface area contributed by atoms with Crippen LogP contribution in [-0.2, 0) is 6.54 Å². The number of hydrogen-bond donors (Lipinski definition) is 2. The maximum Gasteiger partial charge on any atom is 0.322 e. The van der Waals surface area contributed by atoms with Crippen molar-refractivity contribution in [2.75, 3.05) is 7.11 Å². The van der Waals surface area contributed by atoms with Crippen LogP contribution in [0.4, 0.5) is 4.79 Å². The molecule has 0 radical (unpaired) electrons. The van der Waals surface area contributed by atoms with Crippen LogP contribution in [0.2, 0.25) is 0 Å². The molecular formula is C26H24N4O4S. The summed E-state index contributed by atoms with van der Waals surface area (Å²) in [5, 5.41) is 19.6. The summed E-state index contributed by atoms with van der Waals surface area (Å²) in [4.78, 5) is 20.6. The summed E-state index contributed by atoms with van der Waals surface area (Å²) in [6, 6.07) is 16.0. The summed E-state index contributed by atoms with van der Waals surface area (Å²) in [7, 11) is 1.49. The first-order chi connectivity index (χ1) is 16.9. The number of urea groups is 1. The maximum atomic E-state index is 13.2. The van der Waals surface area contributed by atoms with Crippen molar-refractivity contribution in [1.82, 2.24) is 20.4 Å². The van der Waals surface area contributed by atoms with Gasteiger partial charge in [0.15, 0.2) is 11.5 Å². The number of aromatic hydroxyl groups is 1. The fourth-order valence-electron chi connectivity index (χ4n) is 4.10. The van der Waals surface area contributed by atoms with Crippen LogP contribution in [0.25, 0.3) is 17.0 Å². The molecule has 0 aliphatic carbocycles. The van der Waals surface area contributed by atoms with E-state index >= 15 is 0 Å². The summed E-state index contributed by atoms with van der Waals surface area (Å²) in [6.45, 7) is 4.30. The van der Waals surface area contributed by atoms with Crippen LogP contribution in [0.3, 0.4) is 0 Å². The van der Waals surface area contributed by atoms with Gasteiger partial charge in [-0.25, -0.2) is 4.79 Å². The Morgan fingerprint density at radius 2 is 1.97 bits per heavy atom. The van der Waals surface area contributed by atoms with Gasteiger partial charge < -0.3 is 19.7 Å². The number of thiophene rings is 1. The highest BCUT2D eigenvalue weighted by Gasteiger charge is 2.36. The second kappa shape index (κ2) is 9.27. The SMILES string of the molecule is COc1ccc(C2NC(=O)N(Cc3cccs3)C(C)=C2c2nc(-c3ccc(C)cc3)no2)cc1O. The summed E-state index contributed by atoms with van der Waals surface area (Å²) in [5.74, 6) is 1.08. The molecule has 2 aromatic heterocycles. The normalized spacial score (nSPS) is 15.9. The number of allylic oxidation sites excluding steroid dienone is 1. The lowest BCUT2D eigenvalue weighted by atomic mass is 9.94. The minimum Gasteiger partial charge on any atom is -0.504 e. The van der Waals surface area contributed by atoms with Gasteiger partial charge in [0.1, 0.15) is 0 Å². The van der Waals surface area contributed by atoms with Gasteiger partial charge in [0.2, 0.25) is 5.82 Å². The highest BCUT2D eigenvalue weighted by Crippen LogP contribution is 2.40. The Balaban J connectivity index is 1.60. The summed E-state index contributed by atoms with van der Waals surface area (Å²) in [6.07, 6.45) is 0. The summed E-state index contributed by atoms with van der Waals surface area (Å²) in [5.41, 5.74) is 3.99. The van der Waals surface area contributed by atoms with Gasteiger partial charge in [-0.05, 0) is 43.0 Å². The van der Waals surface area contributed by atoms with E-state index < -0.39 is 6.04 Å². The Kier molecular flexibility index (Phi) is 6.00. The highest BCUT2D eigenvalue weighted by molar-refractivity contribution is 7.09. The number of nitrogens with one attached hydrogen (secondary N) is 1. The zero-order valence-electron chi connectivity index (χ0n) is 19.5. The molecule has 0 saturated heterocycles. The molecule has 2 N–H and O–H groups in total. The number of amides is 2. The number of aromatic nitrogens is 2. The molecule has 2 amide bonds. The van der Waals surface area contributed by atoms with E-state index in [1.165, 1.54) is 7.11 Å². The second-order valence-electron chi connectivity index (χ2n) is 8.27. The number of ether oxygens (including phenoxy) is 1. The zero-order chi connectivity index (χ0) is 24.5. The molecule has 1 unspecified atom stereocenters. The van der Waals surface area contributed by atoms with Crippen molar-refractivity contribution in [3.05, 3.63) is 87.6 Å². The lowest BCUT2D eigenvalue weighted by Crippen LogP contribution is -2.45. The molecule has 1 aliphatic rings. The predicted octanol–water partition coefficient (Wildman–Crippen LogP) is 5.52. The van der Waals surface area contributed by atoms with Gasteiger partial charge in [0.05, 0.1) is 25.3 Å². The van der Waals surface area contributed by atoms with Crippen LogP contribution < -0.4 is 10.1 Å². The predicted molar refractivity (Wildman–Crippen MR) is 133 cm³/mol. The molecule has 1 atom stereocenters. The Morgan fingerprint density at radius 3 is 2.66 bits per heavy atom. The topological polar surface area (TPSA) is 101 Å². The van der Waals surface area contributed by atoms with Crippen LogP contribution in [0.5, 0.6) is 11.5 Å². The van der Waals surface area contributed by atoms with Crippen LogP contribution in [0.1, 0.15) is 34.9 Å².